The van der Waals surface area contributed by atoms with Crippen LogP contribution in [-0.4, -0.2) is 22.8 Å². The number of aliphatic imine (C=N–C) groups is 1. The smallest absolute Gasteiger partial charge is 0.193 e. The van der Waals surface area contributed by atoms with Gasteiger partial charge < -0.3 is 15.8 Å². The second kappa shape index (κ2) is 6.49. The highest BCUT2D eigenvalue weighted by atomic mass is 35.5. The fourth-order valence-electron chi connectivity index (χ4n) is 1.80. The molecule has 0 atom stereocenters. The molecule has 0 aliphatic carbocycles. The van der Waals surface area contributed by atoms with Crippen LogP contribution in [0.15, 0.2) is 29.4 Å². The molecule has 6 nitrogen and oxygen atoms in total. The first-order chi connectivity index (χ1) is 10.0. The maximum Gasteiger partial charge on any atom is 0.193 e. The van der Waals surface area contributed by atoms with E-state index >= 15 is 0 Å². The Labute approximate surface area is 128 Å². The number of rotatable bonds is 4. The lowest BCUT2D eigenvalue weighted by molar-refractivity contribution is 0.415. The molecule has 7 heteroatoms. The lowest BCUT2D eigenvalue weighted by Crippen LogP contribution is -2.22. The minimum atomic E-state index is 0.319. The average molecular weight is 308 g/mol. The largest absolute Gasteiger partial charge is 0.495 e. The molecule has 1 aromatic heterocycles. The molecule has 112 valence electrons. The Morgan fingerprint density at radius 3 is 2.86 bits per heavy atom. The number of nitrogens with two attached hydrogens (primary N) is 1. The molecule has 0 saturated heterocycles. The van der Waals surface area contributed by atoms with E-state index in [2.05, 4.69) is 15.4 Å². The van der Waals surface area contributed by atoms with Crippen molar-refractivity contribution < 1.29 is 4.74 Å². The zero-order chi connectivity index (χ0) is 15.4. The Bertz CT molecular complexity index is 665. The number of nitrogens with zero attached hydrogens (tertiary/aromatic N) is 3. The van der Waals surface area contributed by atoms with Crippen molar-refractivity contribution in [2.45, 2.75) is 13.5 Å². The van der Waals surface area contributed by atoms with Crippen LogP contribution in [0.2, 0.25) is 5.02 Å². The molecule has 1 heterocycles. The summed E-state index contributed by atoms with van der Waals surface area (Å²) in [5.41, 5.74) is 8.73. The highest BCUT2D eigenvalue weighted by molar-refractivity contribution is 6.32. The lowest BCUT2D eigenvalue weighted by Gasteiger charge is -2.08. The number of halogens is 1. The summed E-state index contributed by atoms with van der Waals surface area (Å²) in [6.45, 7) is 2.47. The molecule has 0 saturated carbocycles. The van der Waals surface area contributed by atoms with Crippen LogP contribution in [0.1, 0.15) is 11.3 Å². The molecule has 0 unspecified atom stereocenters. The predicted octanol–water partition coefficient (Wildman–Crippen LogP) is 2.32. The fraction of sp³-hybridized carbons (Fsp3) is 0.286. The first-order valence-corrected chi connectivity index (χ1v) is 6.77. The number of benzene rings is 1. The average Bonchev–Trinajstić information content (AvgIpc) is 2.77. The van der Waals surface area contributed by atoms with Gasteiger partial charge in [-0.3, -0.25) is 4.68 Å². The van der Waals surface area contributed by atoms with Crippen molar-refractivity contribution in [1.82, 2.24) is 9.78 Å². The standard InChI is InChI=1S/C14H18ClN5O/c1-9-10(8-18-20(9)2)7-17-14(16)19-11-4-5-13(21-3)12(15)6-11/h4-6,8H,7H2,1-3H3,(H3,16,17,19). The number of nitrogens with one attached hydrogen (secondary N) is 1. The minimum absolute atomic E-state index is 0.319. The van der Waals surface area contributed by atoms with Crippen LogP contribution in [-0.2, 0) is 13.6 Å². The zero-order valence-electron chi connectivity index (χ0n) is 12.2. The van der Waals surface area contributed by atoms with Crippen molar-refractivity contribution in [3.63, 3.8) is 0 Å². The van der Waals surface area contributed by atoms with Gasteiger partial charge in [0.1, 0.15) is 5.75 Å². The maximum absolute atomic E-state index is 6.05. The van der Waals surface area contributed by atoms with E-state index in [0.717, 1.165) is 16.9 Å². The molecule has 0 fully saturated rings. The number of ether oxygens (including phenoxy) is 1. The Morgan fingerprint density at radius 1 is 1.52 bits per heavy atom. The summed E-state index contributed by atoms with van der Waals surface area (Å²) in [6.07, 6.45) is 1.79. The number of aromatic nitrogens is 2. The molecule has 0 radical (unpaired) electrons. The van der Waals surface area contributed by atoms with E-state index in [0.29, 0.717) is 23.3 Å². The van der Waals surface area contributed by atoms with Crippen molar-refractivity contribution in [3.05, 3.63) is 40.7 Å². The highest BCUT2D eigenvalue weighted by Crippen LogP contribution is 2.27. The third kappa shape index (κ3) is 3.66. The molecule has 2 rings (SSSR count). The summed E-state index contributed by atoms with van der Waals surface area (Å²) in [4.78, 5) is 4.29. The SMILES string of the molecule is COc1ccc(NC(N)=NCc2cnn(C)c2C)cc1Cl. The summed E-state index contributed by atoms with van der Waals surface area (Å²) in [5.74, 6) is 0.934. The third-order valence-corrected chi connectivity index (χ3v) is 3.48. The van der Waals surface area contributed by atoms with E-state index in [4.69, 9.17) is 22.1 Å². The quantitative estimate of drug-likeness (QED) is 0.671. The molecule has 0 amide bonds. The van der Waals surface area contributed by atoms with E-state index in [-0.39, 0.29) is 0 Å². The van der Waals surface area contributed by atoms with Crippen molar-refractivity contribution in [1.29, 1.82) is 0 Å². The molecule has 0 aliphatic rings. The lowest BCUT2D eigenvalue weighted by atomic mass is 10.3. The molecule has 21 heavy (non-hydrogen) atoms. The molecular weight excluding hydrogens is 290 g/mol. The Kier molecular flexibility index (Phi) is 4.70. The number of anilines is 1. The van der Waals surface area contributed by atoms with Gasteiger partial charge in [0.25, 0.3) is 0 Å². The molecule has 0 bridgehead atoms. The number of guanidine groups is 1. The monoisotopic (exact) mass is 307 g/mol. The summed E-state index contributed by atoms with van der Waals surface area (Å²) in [7, 11) is 3.46. The van der Waals surface area contributed by atoms with Gasteiger partial charge >= 0.3 is 0 Å². The molecule has 2 aromatic rings. The molecule has 0 spiro atoms. The van der Waals surface area contributed by atoms with Gasteiger partial charge in [0.2, 0.25) is 0 Å². The van der Waals surface area contributed by atoms with Crippen molar-refractivity contribution in [3.8, 4) is 5.75 Å². The first-order valence-electron chi connectivity index (χ1n) is 6.39. The topological polar surface area (TPSA) is 77.5 Å². The highest BCUT2D eigenvalue weighted by Gasteiger charge is 2.04. The fourth-order valence-corrected chi connectivity index (χ4v) is 2.06. The first kappa shape index (κ1) is 15.2. The number of methoxy groups -OCH3 is 1. The Morgan fingerprint density at radius 2 is 2.29 bits per heavy atom. The van der Waals surface area contributed by atoms with E-state index in [1.165, 1.54) is 0 Å². The van der Waals surface area contributed by atoms with Crippen molar-refractivity contribution in [2.75, 3.05) is 12.4 Å². The third-order valence-electron chi connectivity index (χ3n) is 3.18. The Balaban J connectivity index is 2.03. The van der Waals surface area contributed by atoms with Gasteiger partial charge in [-0.15, -0.1) is 0 Å². The van der Waals surface area contributed by atoms with Gasteiger partial charge in [0.05, 0.1) is 24.9 Å². The zero-order valence-corrected chi connectivity index (χ0v) is 13.0. The molecule has 0 aliphatic heterocycles. The second-order valence-electron chi connectivity index (χ2n) is 4.55. The van der Waals surface area contributed by atoms with Crippen LogP contribution in [0.5, 0.6) is 5.75 Å². The van der Waals surface area contributed by atoms with Crippen LogP contribution >= 0.6 is 11.6 Å². The van der Waals surface area contributed by atoms with E-state index in [9.17, 15) is 0 Å². The minimum Gasteiger partial charge on any atom is -0.495 e. The normalized spacial score (nSPS) is 11.5. The van der Waals surface area contributed by atoms with Gasteiger partial charge in [-0.2, -0.15) is 5.10 Å². The number of hydrogen-bond acceptors (Lipinski definition) is 3. The van der Waals surface area contributed by atoms with Gasteiger partial charge in [0.15, 0.2) is 5.96 Å². The van der Waals surface area contributed by atoms with Crippen molar-refractivity contribution in [2.24, 2.45) is 17.8 Å². The second-order valence-corrected chi connectivity index (χ2v) is 4.96. The van der Waals surface area contributed by atoms with Gasteiger partial charge in [-0.05, 0) is 25.1 Å². The van der Waals surface area contributed by atoms with Crippen LogP contribution in [0.3, 0.4) is 0 Å². The van der Waals surface area contributed by atoms with Crippen LogP contribution < -0.4 is 15.8 Å². The molecule has 1 aromatic carbocycles. The van der Waals surface area contributed by atoms with Crippen LogP contribution in [0.25, 0.3) is 0 Å². The number of hydrogen-bond donors (Lipinski definition) is 2. The predicted molar refractivity (Wildman–Crippen MR) is 84.9 cm³/mol. The summed E-state index contributed by atoms with van der Waals surface area (Å²) >= 11 is 6.05. The molecule has 3 N–H and O–H groups in total. The van der Waals surface area contributed by atoms with Crippen LogP contribution in [0.4, 0.5) is 5.69 Å². The van der Waals surface area contributed by atoms with Crippen LogP contribution in [0, 0.1) is 6.92 Å². The van der Waals surface area contributed by atoms with E-state index in [1.807, 2.05) is 20.0 Å². The van der Waals surface area contributed by atoms with E-state index < -0.39 is 0 Å². The van der Waals surface area contributed by atoms with Gasteiger partial charge in [-0.1, -0.05) is 11.6 Å². The van der Waals surface area contributed by atoms with Gasteiger partial charge in [0, 0.05) is 24.0 Å². The summed E-state index contributed by atoms with van der Waals surface area (Å²) in [6, 6.07) is 5.32. The van der Waals surface area contributed by atoms with Crippen molar-refractivity contribution >= 4 is 23.2 Å². The summed E-state index contributed by atoms with van der Waals surface area (Å²) < 4.78 is 6.90. The Hall–Kier alpha value is -2.21. The van der Waals surface area contributed by atoms with Gasteiger partial charge in [-0.25, -0.2) is 4.99 Å². The number of aryl methyl sites for hydroxylation is 1. The maximum atomic E-state index is 6.05. The molecular formula is C14H18ClN5O. The summed E-state index contributed by atoms with van der Waals surface area (Å²) in [5, 5.41) is 7.67. The van der Waals surface area contributed by atoms with E-state index in [1.54, 1.807) is 30.1 Å².